The molecular weight excluding hydrogens is 312 g/mol. The van der Waals surface area contributed by atoms with Crippen LogP contribution in [0, 0.1) is 10.1 Å². The molecule has 0 aromatic heterocycles. The van der Waals surface area contributed by atoms with Crippen LogP contribution in [0.5, 0.6) is 0 Å². The largest absolute Gasteiger partial charge is 0.379 e. The first-order valence-corrected chi connectivity index (χ1v) is 7.05. The molecule has 0 heterocycles. The maximum absolute atomic E-state index is 10.9. The number of nitrogens with one attached hydrogen (secondary N) is 1. The molecule has 1 aromatic carbocycles. The van der Waals surface area contributed by atoms with E-state index in [2.05, 4.69) is 21.2 Å². The van der Waals surface area contributed by atoms with Crippen molar-refractivity contribution in [3.05, 3.63) is 38.3 Å². The molecule has 5 nitrogen and oxygen atoms in total. The highest BCUT2D eigenvalue weighted by molar-refractivity contribution is 9.10. The summed E-state index contributed by atoms with van der Waals surface area (Å²) in [5.74, 6) is 0. The molecule has 0 spiro atoms. The van der Waals surface area contributed by atoms with Crippen LogP contribution >= 0.6 is 15.9 Å². The van der Waals surface area contributed by atoms with Crippen molar-refractivity contribution >= 4 is 21.6 Å². The Morgan fingerprint density at radius 1 is 1.47 bits per heavy atom. The van der Waals surface area contributed by atoms with Gasteiger partial charge in [-0.1, -0.05) is 15.9 Å². The standard InChI is InChI=1S/C13H19BrN2O3/c1-10(2)19-7-3-6-15-9-11-4-5-12(14)8-13(11)16(17)18/h4-5,8,10,15H,3,6-7,9H2,1-2H3. The monoisotopic (exact) mass is 330 g/mol. The molecule has 0 fully saturated rings. The zero-order chi connectivity index (χ0) is 14.3. The van der Waals surface area contributed by atoms with Gasteiger partial charge in [-0.2, -0.15) is 0 Å². The molecule has 0 aliphatic carbocycles. The predicted octanol–water partition coefficient (Wildman–Crippen LogP) is 3.26. The Morgan fingerprint density at radius 2 is 2.21 bits per heavy atom. The van der Waals surface area contributed by atoms with E-state index in [9.17, 15) is 10.1 Å². The van der Waals surface area contributed by atoms with E-state index in [0.717, 1.165) is 13.0 Å². The molecule has 0 amide bonds. The van der Waals surface area contributed by atoms with Gasteiger partial charge in [0.1, 0.15) is 0 Å². The van der Waals surface area contributed by atoms with Gasteiger partial charge < -0.3 is 10.1 Å². The molecule has 0 bridgehead atoms. The van der Waals surface area contributed by atoms with E-state index >= 15 is 0 Å². The van der Waals surface area contributed by atoms with Gasteiger partial charge in [-0.05, 0) is 38.9 Å². The van der Waals surface area contributed by atoms with Gasteiger partial charge in [0.2, 0.25) is 0 Å². The summed E-state index contributed by atoms with van der Waals surface area (Å²) < 4.78 is 6.13. The van der Waals surface area contributed by atoms with Crippen LogP contribution in [0.1, 0.15) is 25.8 Å². The summed E-state index contributed by atoms with van der Waals surface area (Å²) in [6, 6.07) is 5.10. The molecule has 0 aliphatic rings. The molecule has 0 unspecified atom stereocenters. The van der Waals surface area contributed by atoms with E-state index in [1.807, 2.05) is 19.9 Å². The average Bonchev–Trinajstić information content (AvgIpc) is 2.34. The zero-order valence-corrected chi connectivity index (χ0v) is 12.8. The quantitative estimate of drug-likeness (QED) is 0.451. The van der Waals surface area contributed by atoms with Gasteiger partial charge in [0.05, 0.1) is 11.0 Å². The van der Waals surface area contributed by atoms with Gasteiger partial charge in [-0.15, -0.1) is 0 Å². The highest BCUT2D eigenvalue weighted by atomic mass is 79.9. The lowest BCUT2D eigenvalue weighted by atomic mass is 10.2. The molecule has 1 aromatic rings. The van der Waals surface area contributed by atoms with E-state index < -0.39 is 0 Å². The number of hydrogen-bond acceptors (Lipinski definition) is 4. The summed E-state index contributed by atoms with van der Waals surface area (Å²) in [5.41, 5.74) is 0.832. The normalized spacial score (nSPS) is 10.9. The Labute approximate surface area is 121 Å². The Kier molecular flexibility index (Phi) is 6.97. The molecular formula is C13H19BrN2O3. The Bertz CT molecular complexity index is 424. The lowest BCUT2D eigenvalue weighted by molar-refractivity contribution is -0.385. The third-order valence-corrected chi connectivity index (χ3v) is 3.00. The fourth-order valence-corrected chi connectivity index (χ4v) is 1.94. The SMILES string of the molecule is CC(C)OCCCNCc1ccc(Br)cc1[N+](=O)[O-]. The molecule has 0 aliphatic heterocycles. The topological polar surface area (TPSA) is 64.4 Å². The minimum atomic E-state index is -0.357. The number of ether oxygens (including phenoxy) is 1. The fraction of sp³-hybridized carbons (Fsp3) is 0.538. The number of halogens is 1. The second-order valence-electron chi connectivity index (χ2n) is 4.48. The molecule has 0 radical (unpaired) electrons. The zero-order valence-electron chi connectivity index (χ0n) is 11.2. The third kappa shape index (κ3) is 6.13. The van der Waals surface area contributed by atoms with Gasteiger partial charge in [0.15, 0.2) is 0 Å². The van der Waals surface area contributed by atoms with Crippen molar-refractivity contribution in [1.82, 2.24) is 5.32 Å². The molecule has 1 N–H and O–H groups in total. The summed E-state index contributed by atoms with van der Waals surface area (Å²) in [7, 11) is 0. The second kappa shape index (κ2) is 8.24. The van der Waals surface area contributed by atoms with Crippen LogP contribution in [0.3, 0.4) is 0 Å². The molecule has 0 saturated carbocycles. The number of nitro groups is 1. The smallest absolute Gasteiger partial charge is 0.275 e. The van der Waals surface area contributed by atoms with Crippen LogP contribution in [0.15, 0.2) is 22.7 Å². The Hall–Kier alpha value is -0.980. The number of nitro benzene ring substituents is 1. The summed E-state index contributed by atoms with van der Waals surface area (Å²) >= 11 is 3.24. The van der Waals surface area contributed by atoms with E-state index in [0.29, 0.717) is 23.2 Å². The maximum Gasteiger partial charge on any atom is 0.275 e. The molecule has 6 heteroatoms. The number of benzene rings is 1. The van der Waals surface area contributed by atoms with E-state index in [4.69, 9.17) is 4.74 Å². The predicted molar refractivity (Wildman–Crippen MR) is 78.2 cm³/mol. The van der Waals surface area contributed by atoms with Crippen molar-refractivity contribution in [3.63, 3.8) is 0 Å². The van der Waals surface area contributed by atoms with E-state index in [1.54, 1.807) is 6.07 Å². The highest BCUT2D eigenvalue weighted by Gasteiger charge is 2.13. The van der Waals surface area contributed by atoms with Crippen LogP contribution in [0.25, 0.3) is 0 Å². The summed E-state index contributed by atoms with van der Waals surface area (Å²) in [6.07, 6.45) is 1.13. The van der Waals surface area contributed by atoms with Crippen LogP contribution in [-0.4, -0.2) is 24.2 Å². The first-order chi connectivity index (χ1) is 9.00. The summed E-state index contributed by atoms with van der Waals surface area (Å²) in [5, 5.41) is 14.1. The maximum atomic E-state index is 10.9. The molecule has 0 saturated heterocycles. The lowest BCUT2D eigenvalue weighted by Gasteiger charge is -2.08. The van der Waals surface area contributed by atoms with Crippen molar-refractivity contribution in [1.29, 1.82) is 0 Å². The minimum Gasteiger partial charge on any atom is -0.379 e. The molecule has 19 heavy (non-hydrogen) atoms. The van der Waals surface area contributed by atoms with E-state index in [1.165, 1.54) is 6.07 Å². The van der Waals surface area contributed by atoms with Crippen molar-refractivity contribution in [2.24, 2.45) is 0 Å². The Balaban J connectivity index is 2.39. The number of rotatable bonds is 8. The fourth-order valence-electron chi connectivity index (χ4n) is 1.60. The van der Waals surface area contributed by atoms with Gasteiger partial charge >= 0.3 is 0 Å². The van der Waals surface area contributed by atoms with Gasteiger partial charge in [-0.25, -0.2) is 0 Å². The van der Waals surface area contributed by atoms with Crippen LogP contribution < -0.4 is 5.32 Å². The van der Waals surface area contributed by atoms with Crippen molar-refractivity contribution in [2.45, 2.75) is 32.9 Å². The first-order valence-electron chi connectivity index (χ1n) is 6.26. The van der Waals surface area contributed by atoms with Gasteiger partial charge in [-0.3, -0.25) is 10.1 Å². The Morgan fingerprint density at radius 3 is 2.84 bits per heavy atom. The van der Waals surface area contributed by atoms with Crippen molar-refractivity contribution in [2.75, 3.05) is 13.2 Å². The molecule has 1 rings (SSSR count). The van der Waals surface area contributed by atoms with Gasteiger partial charge in [0.25, 0.3) is 5.69 Å². The lowest BCUT2D eigenvalue weighted by Crippen LogP contribution is -2.18. The van der Waals surface area contributed by atoms with Crippen LogP contribution in [0.2, 0.25) is 0 Å². The van der Waals surface area contributed by atoms with E-state index in [-0.39, 0.29) is 16.7 Å². The van der Waals surface area contributed by atoms with Crippen molar-refractivity contribution in [3.8, 4) is 0 Å². The summed E-state index contributed by atoms with van der Waals surface area (Å²) in [4.78, 5) is 10.6. The highest BCUT2D eigenvalue weighted by Crippen LogP contribution is 2.23. The molecule has 0 atom stereocenters. The third-order valence-electron chi connectivity index (χ3n) is 2.51. The summed E-state index contributed by atoms with van der Waals surface area (Å²) in [6.45, 7) is 5.97. The average molecular weight is 331 g/mol. The molecule has 106 valence electrons. The first kappa shape index (κ1) is 16.1. The van der Waals surface area contributed by atoms with Crippen LogP contribution in [0.4, 0.5) is 5.69 Å². The number of nitrogens with zero attached hydrogens (tertiary/aromatic N) is 1. The van der Waals surface area contributed by atoms with Gasteiger partial charge in [0, 0.05) is 29.3 Å². The minimum absolute atomic E-state index is 0.139. The van der Waals surface area contributed by atoms with Crippen LogP contribution in [-0.2, 0) is 11.3 Å². The van der Waals surface area contributed by atoms with Crippen molar-refractivity contribution < 1.29 is 9.66 Å². The number of hydrogen-bond donors (Lipinski definition) is 1. The second-order valence-corrected chi connectivity index (χ2v) is 5.40.